The summed E-state index contributed by atoms with van der Waals surface area (Å²) in [6.45, 7) is 4.77. The third-order valence-corrected chi connectivity index (χ3v) is 14.4. The Labute approximate surface area is 355 Å². The Balaban J connectivity index is 1.26. The number of anilines is 3. The topological polar surface area (TPSA) is 3.24 Å². The molecule has 10 aromatic rings. The first-order valence-corrected chi connectivity index (χ1v) is 21.7. The van der Waals surface area contributed by atoms with Crippen LogP contribution in [0.4, 0.5) is 17.1 Å². The zero-order chi connectivity index (χ0) is 40.0. The van der Waals surface area contributed by atoms with Gasteiger partial charge in [-0.05, 0) is 104 Å². The summed E-state index contributed by atoms with van der Waals surface area (Å²) in [6, 6.07) is 79.3. The quantitative estimate of drug-likeness (QED) is 0.162. The number of benzene rings is 9. The largest absolute Gasteiger partial charge is 0.309 e. The van der Waals surface area contributed by atoms with Crippen LogP contribution in [0.2, 0.25) is 0 Å². The first kappa shape index (κ1) is 35.0. The van der Waals surface area contributed by atoms with Crippen LogP contribution in [0, 0.1) is 0 Å². The summed E-state index contributed by atoms with van der Waals surface area (Å²) in [5.74, 6) is 0. The fourth-order valence-corrected chi connectivity index (χ4v) is 11.8. The van der Waals surface area contributed by atoms with Crippen molar-refractivity contribution in [1.82, 2.24) is 0 Å². The summed E-state index contributed by atoms with van der Waals surface area (Å²) in [4.78, 5) is 2.58. The number of rotatable bonds is 6. The van der Waals surface area contributed by atoms with Gasteiger partial charge in [-0.3, -0.25) is 0 Å². The van der Waals surface area contributed by atoms with Crippen LogP contribution in [0.15, 0.2) is 212 Å². The number of thiophene rings is 1. The van der Waals surface area contributed by atoms with Gasteiger partial charge in [0.1, 0.15) is 0 Å². The van der Waals surface area contributed by atoms with Gasteiger partial charge in [-0.25, -0.2) is 0 Å². The molecule has 0 atom stereocenters. The molecule has 1 heterocycles. The summed E-state index contributed by atoms with van der Waals surface area (Å²) in [5, 5.41) is 2.57. The van der Waals surface area contributed by atoms with Crippen LogP contribution in [-0.2, 0) is 10.8 Å². The molecule has 2 heteroatoms. The molecule has 0 spiro atoms. The zero-order valence-corrected chi connectivity index (χ0v) is 34.4. The Hall–Kier alpha value is -7.00. The second-order valence-electron chi connectivity index (χ2n) is 16.8. The third kappa shape index (κ3) is 4.92. The van der Waals surface area contributed by atoms with Gasteiger partial charge in [0.2, 0.25) is 0 Å². The van der Waals surface area contributed by atoms with Crippen molar-refractivity contribution in [3.8, 4) is 33.4 Å². The van der Waals surface area contributed by atoms with E-state index in [4.69, 9.17) is 0 Å². The molecule has 0 saturated carbocycles. The predicted molar refractivity (Wildman–Crippen MR) is 254 cm³/mol. The lowest BCUT2D eigenvalue weighted by atomic mass is 9.67. The van der Waals surface area contributed by atoms with E-state index in [0.29, 0.717) is 0 Å². The summed E-state index contributed by atoms with van der Waals surface area (Å²) in [6.07, 6.45) is 0. The highest BCUT2D eigenvalue weighted by molar-refractivity contribution is 7.26. The van der Waals surface area contributed by atoms with E-state index >= 15 is 0 Å². The van der Waals surface area contributed by atoms with E-state index in [-0.39, 0.29) is 5.41 Å². The molecule has 0 radical (unpaired) electrons. The van der Waals surface area contributed by atoms with Crippen LogP contribution in [0.5, 0.6) is 0 Å². The lowest BCUT2D eigenvalue weighted by molar-refractivity contribution is 0.660. The van der Waals surface area contributed by atoms with Crippen molar-refractivity contribution in [2.75, 3.05) is 4.90 Å². The van der Waals surface area contributed by atoms with E-state index in [9.17, 15) is 0 Å². The predicted octanol–water partition coefficient (Wildman–Crippen LogP) is 15.9. The van der Waals surface area contributed by atoms with Crippen LogP contribution < -0.4 is 4.90 Å². The Bertz CT molecular complexity index is 3230. The van der Waals surface area contributed by atoms with Gasteiger partial charge in [0.25, 0.3) is 0 Å². The smallest absolute Gasteiger partial charge is 0.0715 e. The first-order valence-electron chi connectivity index (χ1n) is 20.9. The maximum Gasteiger partial charge on any atom is 0.0715 e. The lowest BCUT2D eigenvalue weighted by Crippen LogP contribution is -2.28. The van der Waals surface area contributed by atoms with Gasteiger partial charge in [-0.2, -0.15) is 0 Å². The van der Waals surface area contributed by atoms with Crippen molar-refractivity contribution in [3.05, 3.63) is 246 Å². The average molecular weight is 784 g/mol. The van der Waals surface area contributed by atoms with E-state index in [0.717, 1.165) is 11.4 Å². The summed E-state index contributed by atoms with van der Waals surface area (Å²) >= 11 is 1.90. The number of hydrogen-bond donors (Lipinski definition) is 0. The van der Waals surface area contributed by atoms with Crippen molar-refractivity contribution in [1.29, 1.82) is 0 Å². The molecule has 0 fully saturated rings. The molecule has 12 rings (SSSR count). The maximum absolute atomic E-state index is 2.58. The standard InChI is InChI=1S/C58H41NS/c1-57(2)48-29-17-15-27-44(48)45-34-32-43(36-49(45)57)59(42-25-13-6-14-26-42)56-54-46-33-31-39(38-19-7-3-8-20-38)35-50(46)58(40-21-9-4-10-22-40,41-23-11-5-12-24-41)51(54)37-53-55(56)47-28-16-18-30-52(47)60-53/h3-37H,1-2H3. The van der Waals surface area contributed by atoms with E-state index in [1.165, 1.54) is 92.6 Å². The minimum absolute atomic E-state index is 0.149. The van der Waals surface area contributed by atoms with Gasteiger partial charge in [0.05, 0.1) is 11.1 Å². The average Bonchev–Trinajstić information content (AvgIpc) is 3.91. The molecule has 0 unspecified atom stereocenters. The van der Waals surface area contributed by atoms with Crippen molar-refractivity contribution < 1.29 is 0 Å². The van der Waals surface area contributed by atoms with Crippen LogP contribution in [0.25, 0.3) is 53.6 Å². The number of fused-ring (bicyclic) bond motifs is 9. The Morgan fingerprint density at radius 1 is 0.400 bits per heavy atom. The van der Waals surface area contributed by atoms with E-state index in [1.54, 1.807) is 0 Å². The van der Waals surface area contributed by atoms with E-state index in [2.05, 4.69) is 231 Å². The number of para-hydroxylation sites is 1. The Kier molecular flexibility index (Phi) is 7.73. The highest BCUT2D eigenvalue weighted by Gasteiger charge is 2.49. The Morgan fingerprint density at radius 2 is 1.00 bits per heavy atom. The second-order valence-corrected chi connectivity index (χ2v) is 17.9. The SMILES string of the molecule is CC1(C)c2ccccc2-c2ccc(N(c3ccccc3)c3c4c(cc5sc6ccccc6c35)C(c3ccccc3)(c3ccccc3)c3cc(-c5ccccc5)ccc3-4)cc21. The van der Waals surface area contributed by atoms with Crippen molar-refractivity contribution >= 4 is 48.6 Å². The van der Waals surface area contributed by atoms with Crippen molar-refractivity contribution in [2.24, 2.45) is 0 Å². The van der Waals surface area contributed by atoms with E-state index < -0.39 is 5.41 Å². The molecular formula is C58H41NS. The molecular weight excluding hydrogens is 743 g/mol. The molecule has 0 aliphatic heterocycles. The monoisotopic (exact) mass is 783 g/mol. The summed E-state index contributed by atoms with van der Waals surface area (Å²) in [7, 11) is 0. The minimum Gasteiger partial charge on any atom is -0.309 e. The molecule has 1 nitrogen and oxygen atoms in total. The fourth-order valence-electron chi connectivity index (χ4n) is 10.7. The highest BCUT2D eigenvalue weighted by atomic mass is 32.1. The molecule has 0 amide bonds. The molecule has 9 aromatic carbocycles. The van der Waals surface area contributed by atoms with Crippen LogP contribution in [0.3, 0.4) is 0 Å². The normalized spacial score (nSPS) is 14.1. The Morgan fingerprint density at radius 3 is 1.73 bits per heavy atom. The molecule has 0 N–H and O–H groups in total. The van der Waals surface area contributed by atoms with Gasteiger partial charge >= 0.3 is 0 Å². The van der Waals surface area contributed by atoms with Gasteiger partial charge in [-0.15, -0.1) is 11.3 Å². The molecule has 0 bridgehead atoms. The van der Waals surface area contributed by atoms with Crippen LogP contribution in [-0.4, -0.2) is 0 Å². The first-order chi connectivity index (χ1) is 29.5. The van der Waals surface area contributed by atoms with Crippen LogP contribution in [0.1, 0.15) is 47.2 Å². The van der Waals surface area contributed by atoms with Gasteiger partial charge < -0.3 is 4.90 Å². The summed E-state index contributed by atoms with van der Waals surface area (Å²) < 4.78 is 2.58. The maximum atomic E-state index is 2.58. The molecule has 2 aliphatic rings. The highest BCUT2D eigenvalue weighted by Crippen LogP contribution is 2.63. The van der Waals surface area contributed by atoms with E-state index in [1.807, 2.05) is 11.3 Å². The van der Waals surface area contributed by atoms with Gasteiger partial charge in [0, 0.05) is 42.5 Å². The fraction of sp³-hybridized carbons (Fsp3) is 0.0690. The number of hydrogen-bond acceptors (Lipinski definition) is 2. The van der Waals surface area contributed by atoms with Crippen molar-refractivity contribution in [2.45, 2.75) is 24.7 Å². The molecule has 284 valence electrons. The second kappa shape index (κ2) is 13.3. The zero-order valence-electron chi connectivity index (χ0n) is 33.6. The minimum atomic E-state index is -0.596. The lowest BCUT2D eigenvalue weighted by Gasteiger charge is -2.35. The molecule has 1 aromatic heterocycles. The number of nitrogens with zero attached hydrogens (tertiary/aromatic N) is 1. The van der Waals surface area contributed by atoms with Gasteiger partial charge in [-0.1, -0.05) is 184 Å². The van der Waals surface area contributed by atoms with Crippen molar-refractivity contribution in [3.63, 3.8) is 0 Å². The third-order valence-electron chi connectivity index (χ3n) is 13.3. The molecule has 0 saturated heterocycles. The van der Waals surface area contributed by atoms with Crippen LogP contribution >= 0.6 is 11.3 Å². The summed E-state index contributed by atoms with van der Waals surface area (Å²) in [5.41, 5.74) is 18.3. The van der Waals surface area contributed by atoms with Gasteiger partial charge in [0.15, 0.2) is 0 Å². The molecule has 60 heavy (non-hydrogen) atoms. The molecule has 2 aliphatic carbocycles.